The zero-order valence-corrected chi connectivity index (χ0v) is 11.3. The van der Waals surface area contributed by atoms with Gasteiger partial charge in [-0.1, -0.05) is 40.2 Å². The molecule has 18 heavy (non-hydrogen) atoms. The van der Waals surface area contributed by atoms with E-state index in [1.165, 1.54) is 6.07 Å². The van der Waals surface area contributed by atoms with Crippen molar-refractivity contribution < 1.29 is 9.13 Å². The Bertz CT molecular complexity index is 545. The summed E-state index contributed by atoms with van der Waals surface area (Å²) in [5.41, 5.74) is 7.08. The maximum atomic E-state index is 13.4. The van der Waals surface area contributed by atoms with Crippen LogP contribution in [0.25, 0.3) is 0 Å². The highest BCUT2D eigenvalue weighted by Gasteiger charge is 2.07. The van der Waals surface area contributed by atoms with Crippen molar-refractivity contribution in [1.29, 1.82) is 0 Å². The van der Waals surface area contributed by atoms with Crippen LogP contribution in [0.3, 0.4) is 0 Å². The standard InChI is InChI=1S/C14H13BrFNO/c15-12-5-3-7-14(11(12)8-17)18-9-10-4-1-2-6-13(10)16/h1-7H,8-9,17H2. The summed E-state index contributed by atoms with van der Waals surface area (Å²) >= 11 is 3.41. The van der Waals surface area contributed by atoms with Crippen LogP contribution in [0.1, 0.15) is 11.1 Å². The van der Waals surface area contributed by atoms with Crippen molar-refractivity contribution in [2.45, 2.75) is 13.2 Å². The maximum absolute atomic E-state index is 13.4. The van der Waals surface area contributed by atoms with Gasteiger partial charge in [0, 0.05) is 22.1 Å². The smallest absolute Gasteiger partial charge is 0.129 e. The van der Waals surface area contributed by atoms with Gasteiger partial charge in [-0.25, -0.2) is 4.39 Å². The third-order valence-electron chi connectivity index (χ3n) is 2.62. The van der Waals surface area contributed by atoms with Crippen LogP contribution >= 0.6 is 15.9 Å². The highest BCUT2D eigenvalue weighted by atomic mass is 79.9. The number of halogens is 2. The van der Waals surface area contributed by atoms with E-state index >= 15 is 0 Å². The summed E-state index contributed by atoms with van der Waals surface area (Å²) in [5.74, 6) is 0.414. The maximum Gasteiger partial charge on any atom is 0.129 e. The van der Waals surface area contributed by atoms with Gasteiger partial charge in [0.15, 0.2) is 0 Å². The Morgan fingerprint density at radius 3 is 2.61 bits per heavy atom. The molecular formula is C14H13BrFNO. The monoisotopic (exact) mass is 309 g/mol. The average molecular weight is 310 g/mol. The molecule has 0 spiro atoms. The molecular weight excluding hydrogens is 297 g/mol. The van der Waals surface area contributed by atoms with E-state index in [0.717, 1.165) is 10.0 Å². The predicted molar refractivity (Wildman–Crippen MR) is 72.8 cm³/mol. The zero-order valence-electron chi connectivity index (χ0n) is 9.70. The van der Waals surface area contributed by atoms with Gasteiger partial charge in [0.25, 0.3) is 0 Å². The molecule has 0 bridgehead atoms. The average Bonchev–Trinajstić information content (AvgIpc) is 2.38. The highest BCUT2D eigenvalue weighted by Crippen LogP contribution is 2.27. The summed E-state index contributed by atoms with van der Waals surface area (Å²) in [7, 11) is 0. The lowest BCUT2D eigenvalue weighted by Gasteiger charge is -2.12. The van der Waals surface area contributed by atoms with Crippen molar-refractivity contribution in [3.05, 3.63) is 63.9 Å². The molecule has 0 aliphatic heterocycles. The Labute approximate surface area is 114 Å². The molecule has 4 heteroatoms. The Morgan fingerprint density at radius 2 is 1.89 bits per heavy atom. The molecule has 0 amide bonds. The number of ether oxygens (including phenoxy) is 1. The lowest BCUT2D eigenvalue weighted by Crippen LogP contribution is -2.04. The summed E-state index contributed by atoms with van der Waals surface area (Å²) < 4.78 is 20.0. The third kappa shape index (κ3) is 2.89. The molecule has 0 aliphatic carbocycles. The normalized spacial score (nSPS) is 10.4. The van der Waals surface area contributed by atoms with E-state index in [-0.39, 0.29) is 12.4 Å². The van der Waals surface area contributed by atoms with Crippen LogP contribution in [0.4, 0.5) is 4.39 Å². The molecule has 0 unspecified atom stereocenters. The number of hydrogen-bond donors (Lipinski definition) is 1. The summed E-state index contributed by atoms with van der Waals surface area (Å²) in [6.45, 7) is 0.560. The largest absolute Gasteiger partial charge is 0.488 e. The number of nitrogens with two attached hydrogens (primary N) is 1. The molecule has 0 aromatic heterocycles. The molecule has 0 saturated heterocycles. The molecule has 0 saturated carbocycles. The molecule has 0 aliphatic rings. The van der Waals surface area contributed by atoms with Gasteiger partial charge in [0.1, 0.15) is 18.2 Å². The summed E-state index contributed by atoms with van der Waals surface area (Å²) in [5, 5.41) is 0. The molecule has 0 heterocycles. The molecule has 2 aromatic rings. The van der Waals surface area contributed by atoms with E-state index in [9.17, 15) is 4.39 Å². The van der Waals surface area contributed by atoms with Gasteiger partial charge in [-0.15, -0.1) is 0 Å². The SMILES string of the molecule is NCc1c(Br)cccc1OCc1ccccc1F. The van der Waals surface area contributed by atoms with Crippen molar-refractivity contribution in [2.24, 2.45) is 5.73 Å². The highest BCUT2D eigenvalue weighted by molar-refractivity contribution is 9.10. The first kappa shape index (κ1) is 13.1. The van der Waals surface area contributed by atoms with Crippen molar-refractivity contribution in [3.63, 3.8) is 0 Å². The van der Waals surface area contributed by atoms with E-state index in [4.69, 9.17) is 10.5 Å². The van der Waals surface area contributed by atoms with E-state index in [1.54, 1.807) is 18.2 Å². The van der Waals surface area contributed by atoms with Crippen molar-refractivity contribution in [2.75, 3.05) is 0 Å². The van der Waals surface area contributed by atoms with Crippen LogP contribution in [0, 0.1) is 5.82 Å². The molecule has 0 radical (unpaired) electrons. The van der Waals surface area contributed by atoms with Crippen LogP contribution in [0.2, 0.25) is 0 Å². The molecule has 0 atom stereocenters. The van der Waals surface area contributed by atoms with Crippen molar-refractivity contribution in [3.8, 4) is 5.75 Å². The first-order valence-electron chi connectivity index (χ1n) is 5.56. The second kappa shape index (κ2) is 5.98. The number of hydrogen-bond acceptors (Lipinski definition) is 2. The van der Waals surface area contributed by atoms with Crippen LogP contribution in [-0.2, 0) is 13.2 Å². The lowest BCUT2D eigenvalue weighted by molar-refractivity contribution is 0.296. The minimum Gasteiger partial charge on any atom is -0.488 e. The number of rotatable bonds is 4. The van der Waals surface area contributed by atoms with E-state index < -0.39 is 0 Å². The Hall–Kier alpha value is -1.39. The van der Waals surface area contributed by atoms with Crippen molar-refractivity contribution in [1.82, 2.24) is 0 Å². The molecule has 2 rings (SSSR count). The predicted octanol–water partition coefficient (Wildman–Crippen LogP) is 3.63. The quantitative estimate of drug-likeness (QED) is 0.936. The molecule has 2 N–H and O–H groups in total. The number of benzene rings is 2. The first-order valence-corrected chi connectivity index (χ1v) is 6.35. The van der Waals surface area contributed by atoms with E-state index in [1.807, 2.05) is 18.2 Å². The van der Waals surface area contributed by atoms with Crippen molar-refractivity contribution >= 4 is 15.9 Å². The lowest BCUT2D eigenvalue weighted by atomic mass is 10.2. The fourth-order valence-corrected chi connectivity index (χ4v) is 2.15. The molecule has 2 nitrogen and oxygen atoms in total. The Morgan fingerprint density at radius 1 is 1.11 bits per heavy atom. The van der Waals surface area contributed by atoms with E-state index in [0.29, 0.717) is 17.9 Å². The van der Waals surface area contributed by atoms with Gasteiger partial charge in [0.05, 0.1) is 0 Å². The third-order valence-corrected chi connectivity index (χ3v) is 3.36. The van der Waals surface area contributed by atoms with Crippen LogP contribution in [-0.4, -0.2) is 0 Å². The Kier molecular flexibility index (Phi) is 4.33. The van der Waals surface area contributed by atoms with Gasteiger partial charge < -0.3 is 10.5 Å². The van der Waals surface area contributed by atoms with Gasteiger partial charge >= 0.3 is 0 Å². The second-order valence-electron chi connectivity index (χ2n) is 3.80. The fraction of sp³-hybridized carbons (Fsp3) is 0.143. The second-order valence-corrected chi connectivity index (χ2v) is 4.66. The topological polar surface area (TPSA) is 35.2 Å². The van der Waals surface area contributed by atoms with Gasteiger partial charge in [-0.2, -0.15) is 0 Å². The van der Waals surface area contributed by atoms with Gasteiger partial charge in [-0.3, -0.25) is 0 Å². The van der Waals surface area contributed by atoms with Gasteiger partial charge in [-0.05, 0) is 18.2 Å². The Balaban J connectivity index is 2.16. The van der Waals surface area contributed by atoms with Crippen LogP contribution in [0.5, 0.6) is 5.75 Å². The minimum absolute atomic E-state index is 0.191. The fourth-order valence-electron chi connectivity index (χ4n) is 1.64. The zero-order chi connectivity index (χ0) is 13.0. The van der Waals surface area contributed by atoms with Crippen LogP contribution < -0.4 is 10.5 Å². The summed E-state index contributed by atoms with van der Waals surface area (Å²) in [6.07, 6.45) is 0. The van der Waals surface area contributed by atoms with E-state index in [2.05, 4.69) is 15.9 Å². The molecule has 94 valence electrons. The van der Waals surface area contributed by atoms with Crippen LogP contribution in [0.15, 0.2) is 46.9 Å². The first-order chi connectivity index (χ1) is 8.72. The molecule has 2 aromatic carbocycles. The summed E-state index contributed by atoms with van der Waals surface area (Å²) in [6, 6.07) is 12.2. The minimum atomic E-state index is -0.262. The summed E-state index contributed by atoms with van der Waals surface area (Å²) in [4.78, 5) is 0. The van der Waals surface area contributed by atoms with Gasteiger partial charge in [0.2, 0.25) is 0 Å². The molecule has 0 fully saturated rings.